The van der Waals surface area contributed by atoms with E-state index < -0.39 is 28.5 Å². The fourth-order valence-corrected chi connectivity index (χ4v) is 5.73. The molecule has 2 aromatic carbocycles. The number of carbonyl (C=O) groups excluding carboxylic acids is 2. The molecule has 1 N–H and O–H groups in total. The first-order valence-electron chi connectivity index (χ1n) is 12.6. The zero-order valence-electron chi connectivity index (χ0n) is 21.7. The third-order valence-electron chi connectivity index (χ3n) is 6.66. The summed E-state index contributed by atoms with van der Waals surface area (Å²) in [5, 5.41) is 3.41. The molecule has 0 heterocycles. The number of carbonyl (C=O) groups is 2. The molecule has 2 amide bonds. The van der Waals surface area contributed by atoms with Gasteiger partial charge in [0.2, 0.25) is 21.8 Å². The number of amides is 2. The normalized spacial score (nSPS) is 14.7. The van der Waals surface area contributed by atoms with Crippen LogP contribution in [0.1, 0.15) is 44.6 Å². The molecule has 37 heavy (non-hydrogen) atoms. The van der Waals surface area contributed by atoms with Crippen LogP contribution in [-0.2, 0) is 26.0 Å². The fraction of sp³-hybridized carbons (Fsp3) is 0.481. The van der Waals surface area contributed by atoms with Crippen LogP contribution in [0.2, 0.25) is 5.02 Å². The summed E-state index contributed by atoms with van der Waals surface area (Å²) in [6, 6.07) is 13.6. The summed E-state index contributed by atoms with van der Waals surface area (Å²) in [4.78, 5) is 28.6. The molecule has 0 unspecified atom stereocenters. The van der Waals surface area contributed by atoms with Crippen LogP contribution in [0, 0.1) is 0 Å². The molecule has 10 heteroatoms. The molecule has 2 aromatic rings. The van der Waals surface area contributed by atoms with Gasteiger partial charge in [-0.05, 0) is 49.4 Å². The molecular formula is C27H36ClN3O5S. The Morgan fingerprint density at radius 1 is 1.14 bits per heavy atom. The van der Waals surface area contributed by atoms with E-state index in [0.29, 0.717) is 17.9 Å². The first kappa shape index (κ1) is 28.8. The lowest BCUT2D eigenvalue weighted by Crippen LogP contribution is -2.54. The average Bonchev–Trinajstić information content (AvgIpc) is 3.37. The van der Waals surface area contributed by atoms with Crippen molar-refractivity contribution in [1.82, 2.24) is 10.2 Å². The summed E-state index contributed by atoms with van der Waals surface area (Å²) < 4.78 is 32.0. The van der Waals surface area contributed by atoms with E-state index in [1.165, 1.54) is 18.1 Å². The van der Waals surface area contributed by atoms with Gasteiger partial charge in [0, 0.05) is 17.6 Å². The van der Waals surface area contributed by atoms with Crippen LogP contribution in [0.4, 0.5) is 5.69 Å². The maximum atomic E-state index is 13.8. The van der Waals surface area contributed by atoms with Gasteiger partial charge in [-0.15, -0.1) is 0 Å². The Bertz CT molecular complexity index is 1170. The highest BCUT2D eigenvalue weighted by atomic mass is 35.5. The van der Waals surface area contributed by atoms with E-state index in [9.17, 15) is 18.0 Å². The van der Waals surface area contributed by atoms with E-state index in [1.54, 1.807) is 12.1 Å². The largest absolute Gasteiger partial charge is 0.495 e. The monoisotopic (exact) mass is 549 g/mol. The molecule has 0 saturated heterocycles. The van der Waals surface area contributed by atoms with E-state index in [4.69, 9.17) is 16.3 Å². The van der Waals surface area contributed by atoms with E-state index in [1.807, 2.05) is 37.3 Å². The molecule has 1 saturated carbocycles. The van der Waals surface area contributed by atoms with Crippen LogP contribution >= 0.6 is 11.6 Å². The molecule has 0 aromatic heterocycles. The van der Waals surface area contributed by atoms with Gasteiger partial charge in [0.05, 0.1) is 19.1 Å². The summed E-state index contributed by atoms with van der Waals surface area (Å²) in [7, 11) is -2.47. The molecule has 0 radical (unpaired) electrons. The minimum absolute atomic E-state index is 0.107. The Morgan fingerprint density at radius 3 is 2.41 bits per heavy atom. The van der Waals surface area contributed by atoms with Gasteiger partial charge in [-0.25, -0.2) is 8.42 Å². The lowest BCUT2D eigenvalue weighted by molar-refractivity contribution is -0.139. The number of anilines is 1. The van der Waals surface area contributed by atoms with Crippen molar-refractivity contribution >= 4 is 39.1 Å². The number of benzene rings is 2. The van der Waals surface area contributed by atoms with Gasteiger partial charge in [0.1, 0.15) is 18.3 Å². The van der Waals surface area contributed by atoms with Gasteiger partial charge in [0.25, 0.3) is 0 Å². The maximum Gasteiger partial charge on any atom is 0.244 e. The Kier molecular flexibility index (Phi) is 10.2. The van der Waals surface area contributed by atoms with Gasteiger partial charge >= 0.3 is 0 Å². The van der Waals surface area contributed by atoms with Gasteiger partial charge < -0.3 is 15.0 Å². The van der Waals surface area contributed by atoms with Crippen LogP contribution in [0.5, 0.6) is 5.75 Å². The summed E-state index contributed by atoms with van der Waals surface area (Å²) in [6.45, 7) is 1.64. The van der Waals surface area contributed by atoms with Crippen LogP contribution in [0.3, 0.4) is 0 Å². The van der Waals surface area contributed by atoms with Crippen LogP contribution in [0.25, 0.3) is 0 Å². The first-order chi connectivity index (χ1) is 17.6. The number of hydrogen-bond acceptors (Lipinski definition) is 5. The van der Waals surface area contributed by atoms with Gasteiger partial charge in [-0.2, -0.15) is 0 Å². The second kappa shape index (κ2) is 13.1. The zero-order chi connectivity index (χ0) is 27.0. The Hall–Kier alpha value is -2.78. The maximum absolute atomic E-state index is 13.8. The summed E-state index contributed by atoms with van der Waals surface area (Å²) in [6.07, 6.45) is 5.95. The number of sulfonamides is 1. The second-order valence-electron chi connectivity index (χ2n) is 9.32. The number of rotatable bonds is 12. The number of halogens is 1. The van der Waals surface area contributed by atoms with Gasteiger partial charge in [0.15, 0.2) is 0 Å². The molecule has 1 aliphatic rings. The van der Waals surface area contributed by atoms with Crippen molar-refractivity contribution in [2.45, 2.75) is 57.5 Å². The van der Waals surface area contributed by atoms with Gasteiger partial charge in [-0.3, -0.25) is 13.9 Å². The quantitative estimate of drug-likeness (QED) is 0.431. The molecule has 1 aliphatic carbocycles. The van der Waals surface area contributed by atoms with E-state index >= 15 is 0 Å². The highest BCUT2D eigenvalue weighted by Crippen LogP contribution is 2.33. The predicted molar refractivity (Wildman–Crippen MR) is 147 cm³/mol. The smallest absolute Gasteiger partial charge is 0.244 e. The van der Waals surface area contributed by atoms with Crippen LogP contribution in [0.15, 0.2) is 48.5 Å². The number of nitrogens with one attached hydrogen (secondary N) is 1. The van der Waals surface area contributed by atoms with Crippen LogP contribution < -0.4 is 14.4 Å². The molecule has 0 bridgehead atoms. The van der Waals surface area contributed by atoms with Crippen molar-refractivity contribution in [1.29, 1.82) is 0 Å². The second-order valence-corrected chi connectivity index (χ2v) is 11.7. The highest BCUT2D eigenvalue weighted by Gasteiger charge is 2.33. The number of methoxy groups -OCH3 is 1. The van der Waals surface area contributed by atoms with Crippen molar-refractivity contribution in [2.75, 3.05) is 30.8 Å². The van der Waals surface area contributed by atoms with Crippen molar-refractivity contribution in [3.05, 3.63) is 59.1 Å². The average molecular weight is 550 g/mol. The van der Waals surface area contributed by atoms with Crippen molar-refractivity contribution < 1.29 is 22.7 Å². The Labute approximate surface area is 225 Å². The number of nitrogens with zero attached hydrogens (tertiary/aromatic N) is 2. The molecule has 0 spiro atoms. The minimum atomic E-state index is -3.89. The third-order valence-corrected chi connectivity index (χ3v) is 8.02. The van der Waals surface area contributed by atoms with E-state index in [0.717, 1.165) is 41.8 Å². The lowest BCUT2D eigenvalue weighted by Gasteiger charge is -2.33. The molecule has 8 nitrogen and oxygen atoms in total. The van der Waals surface area contributed by atoms with Crippen molar-refractivity contribution in [3.8, 4) is 5.75 Å². The standard InChI is InChI=1S/C27H36ClN3O5S/c1-4-23(27(33)29-22-12-8-9-13-22)30(17-16-20-10-6-5-7-11-20)26(32)19-31(37(3,34)35)24-18-21(28)14-15-25(24)36-2/h5-7,10-11,14-15,18,22-23H,4,8-9,12-13,16-17,19H2,1-3H3,(H,29,33)/t23-/m1/s1. The SMILES string of the molecule is CC[C@H](C(=O)NC1CCCC1)N(CCc1ccccc1)C(=O)CN(c1cc(Cl)ccc1OC)S(C)(=O)=O. The van der Waals surface area contributed by atoms with Crippen molar-refractivity contribution in [2.24, 2.45) is 0 Å². The third kappa shape index (κ3) is 7.85. The van der Waals surface area contributed by atoms with Gasteiger partial charge in [-0.1, -0.05) is 61.7 Å². The summed E-state index contributed by atoms with van der Waals surface area (Å²) in [5.74, 6) is -0.414. The molecule has 3 rings (SSSR count). The van der Waals surface area contributed by atoms with E-state index in [2.05, 4.69) is 5.32 Å². The highest BCUT2D eigenvalue weighted by molar-refractivity contribution is 7.92. The fourth-order valence-electron chi connectivity index (χ4n) is 4.72. The molecule has 202 valence electrons. The molecular weight excluding hydrogens is 514 g/mol. The topological polar surface area (TPSA) is 96.0 Å². The lowest BCUT2D eigenvalue weighted by atomic mass is 10.1. The molecule has 1 atom stereocenters. The molecule has 0 aliphatic heterocycles. The number of ether oxygens (including phenoxy) is 1. The number of hydrogen-bond donors (Lipinski definition) is 1. The van der Waals surface area contributed by atoms with E-state index in [-0.39, 0.29) is 29.9 Å². The summed E-state index contributed by atoms with van der Waals surface area (Å²) in [5.41, 5.74) is 1.18. The van der Waals surface area contributed by atoms with Crippen LogP contribution in [-0.4, -0.2) is 63.7 Å². The molecule has 1 fully saturated rings. The van der Waals surface area contributed by atoms with Crippen molar-refractivity contribution in [3.63, 3.8) is 0 Å². The predicted octanol–water partition coefficient (Wildman–Crippen LogP) is 4.02. The Balaban J connectivity index is 1.91. The Morgan fingerprint density at radius 2 is 1.81 bits per heavy atom. The zero-order valence-corrected chi connectivity index (χ0v) is 23.2. The first-order valence-corrected chi connectivity index (χ1v) is 14.8. The summed E-state index contributed by atoms with van der Waals surface area (Å²) >= 11 is 6.15. The minimum Gasteiger partial charge on any atom is -0.495 e.